The molecule has 0 saturated heterocycles. The van der Waals surface area contributed by atoms with Gasteiger partial charge in [0.2, 0.25) is 0 Å². The highest BCUT2D eigenvalue weighted by molar-refractivity contribution is 6.13. The highest BCUT2D eigenvalue weighted by Crippen LogP contribution is 2.50. The molecule has 10 aromatic carbocycles. The molecule has 3 aromatic heterocycles. The Morgan fingerprint density at radius 3 is 1.20 bits per heavy atom. The molecule has 2 atom stereocenters. The Hall–Kier alpha value is -9.12. The van der Waals surface area contributed by atoms with Crippen molar-refractivity contribution in [3.63, 3.8) is 0 Å². The van der Waals surface area contributed by atoms with Crippen LogP contribution in [0.5, 0.6) is 0 Å². The Morgan fingerprint density at radius 1 is 0.271 bits per heavy atom. The van der Waals surface area contributed by atoms with Gasteiger partial charge in [0.15, 0.2) is 0 Å². The van der Waals surface area contributed by atoms with Crippen molar-refractivity contribution < 1.29 is 0 Å². The summed E-state index contributed by atoms with van der Waals surface area (Å²) in [6.07, 6.45) is 9.19. The molecule has 4 heteroatoms. The predicted octanol–water partition coefficient (Wildman–Crippen LogP) is 17.0. The van der Waals surface area contributed by atoms with Crippen molar-refractivity contribution in [3.05, 3.63) is 260 Å². The van der Waals surface area contributed by atoms with Crippen molar-refractivity contribution in [1.82, 2.24) is 13.7 Å². The lowest BCUT2D eigenvalue weighted by molar-refractivity contribution is 0.744. The van der Waals surface area contributed by atoms with Gasteiger partial charge in [-0.25, -0.2) is 0 Å². The van der Waals surface area contributed by atoms with Gasteiger partial charge >= 0.3 is 0 Å². The first-order valence-corrected chi connectivity index (χ1v) is 24.3. The molecule has 70 heavy (non-hydrogen) atoms. The summed E-state index contributed by atoms with van der Waals surface area (Å²) >= 11 is 0. The lowest BCUT2D eigenvalue weighted by Gasteiger charge is -2.29. The number of hydrogen-bond acceptors (Lipinski definition) is 1. The van der Waals surface area contributed by atoms with E-state index in [1.165, 1.54) is 116 Å². The van der Waals surface area contributed by atoms with Gasteiger partial charge < -0.3 is 18.6 Å². The molecule has 13 aromatic rings. The van der Waals surface area contributed by atoms with Crippen molar-refractivity contribution in [3.8, 4) is 39.3 Å². The largest absolute Gasteiger partial charge is 0.333 e. The van der Waals surface area contributed by atoms with Gasteiger partial charge in [-0.05, 0) is 137 Å². The first-order chi connectivity index (χ1) is 34.7. The molecule has 0 spiro atoms. The molecule has 0 N–H and O–H groups in total. The summed E-state index contributed by atoms with van der Waals surface area (Å²) in [5.74, 6) is 0.230. The summed E-state index contributed by atoms with van der Waals surface area (Å²) in [6.45, 7) is 0. The van der Waals surface area contributed by atoms with Gasteiger partial charge in [0.1, 0.15) is 0 Å². The van der Waals surface area contributed by atoms with E-state index >= 15 is 0 Å². The summed E-state index contributed by atoms with van der Waals surface area (Å²) in [5, 5.41) is 7.53. The molecular formula is C66H44N4. The van der Waals surface area contributed by atoms with Crippen molar-refractivity contribution in [1.29, 1.82) is 0 Å². The number of anilines is 2. The maximum Gasteiger partial charge on any atom is 0.0629 e. The number of fused-ring (bicyclic) bond motifs is 12. The summed E-state index contributed by atoms with van der Waals surface area (Å²) in [5.41, 5.74) is 19.4. The molecule has 0 amide bonds. The van der Waals surface area contributed by atoms with E-state index in [1.54, 1.807) is 0 Å². The molecule has 0 saturated carbocycles. The molecule has 328 valence electrons. The van der Waals surface area contributed by atoms with E-state index < -0.39 is 0 Å². The number of hydrogen-bond donors (Lipinski definition) is 0. The van der Waals surface area contributed by atoms with Crippen LogP contribution in [0.1, 0.15) is 11.5 Å². The van der Waals surface area contributed by atoms with Gasteiger partial charge in [-0.2, -0.15) is 0 Å². The molecule has 2 aliphatic rings. The zero-order chi connectivity index (χ0) is 45.9. The smallest absolute Gasteiger partial charge is 0.0629 e. The predicted molar refractivity (Wildman–Crippen MR) is 294 cm³/mol. The van der Waals surface area contributed by atoms with E-state index in [1.807, 2.05) is 0 Å². The maximum atomic E-state index is 2.56. The topological polar surface area (TPSA) is 18.0 Å². The minimum atomic E-state index is 0.164. The Labute approximate surface area is 405 Å². The van der Waals surface area contributed by atoms with Gasteiger partial charge in [0, 0.05) is 66.7 Å². The van der Waals surface area contributed by atoms with E-state index in [2.05, 4.69) is 273 Å². The maximum absolute atomic E-state index is 2.56. The third-order valence-electron chi connectivity index (χ3n) is 15.1. The number of aromatic nitrogens is 3. The average Bonchev–Trinajstić information content (AvgIpc) is 4.16. The van der Waals surface area contributed by atoms with E-state index in [4.69, 9.17) is 0 Å². The second-order valence-electron chi connectivity index (χ2n) is 18.9. The molecule has 1 aliphatic heterocycles. The van der Waals surface area contributed by atoms with Crippen molar-refractivity contribution in [2.75, 3.05) is 4.90 Å². The van der Waals surface area contributed by atoms with Crippen LogP contribution < -0.4 is 4.90 Å². The summed E-state index contributed by atoms with van der Waals surface area (Å²) in [6, 6.07) is 85.2. The van der Waals surface area contributed by atoms with Crippen molar-refractivity contribution >= 4 is 76.8 Å². The van der Waals surface area contributed by atoms with Gasteiger partial charge in [0.05, 0.1) is 39.1 Å². The van der Waals surface area contributed by atoms with Gasteiger partial charge in [-0.15, -0.1) is 0 Å². The number of benzene rings is 10. The molecule has 15 rings (SSSR count). The third kappa shape index (κ3) is 5.77. The summed E-state index contributed by atoms with van der Waals surface area (Å²) in [7, 11) is 0. The molecule has 1 aliphatic carbocycles. The number of para-hydroxylation sites is 5. The van der Waals surface area contributed by atoms with E-state index in [0.717, 1.165) is 5.69 Å². The minimum Gasteiger partial charge on any atom is -0.333 e. The normalized spacial score (nSPS) is 15.3. The molecule has 0 radical (unpaired) electrons. The van der Waals surface area contributed by atoms with Crippen molar-refractivity contribution in [2.24, 2.45) is 0 Å². The molecule has 0 bridgehead atoms. The third-order valence-corrected chi connectivity index (χ3v) is 15.1. The van der Waals surface area contributed by atoms with E-state index in [0.29, 0.717) is 0 Å². The second-order valence-corrected chi connectivity index (χ2v) is 18.9. The van der Waals surface area contributed by atoms with Crippen LogP contribution in [0.15, 0.2) is 255 Å². The molecule has 4 nitrogen and oxygen atoms in total. The van der Waals surface area contributed by atoms with E-state index in [-0.39, 0.29) is 12.0 Å². The highest BCUT2D eigenvalue weighted by Gasteiger charge is 2.38. The lowest BCUT2D eigenvalue weighted by atomic mass is 9.89. The lowest BCUT2D eigenvalue weighted by Crippen LogP contribution is -2.28. The Balaban J connectivity index is 0.817. The average molecular weight is 893 g/mol. The first-order valence-electron chi connectivity index (χ1n) is 24.3. The summed E-state index contributed by atoms with van der Waals surface area (Å²) < 4.78 is 7.22. The monoisotopic (exact) mass is 892 g/mol. The minimum absolute atomic E-state index is 0.164. The molecule has 4 heterocycles. The quantitative estimate of drug-likeness (QED) is 0.163. The zero-order valence-corrected chi connectivity index (χ0v) is 38.2. The van der Waals surface area contributed by atoms with Gasteiger partial charge in [-0.3, -0.25) is 0 Å². The Bertz CT molecular complexity index is 4320. The Morgan fingerprint density at radius 2 is 0.671 bits per heavy atom. The fraction of sp³-hybridized carbons (Fsp3) is 0.0303. The fourth-order valence-electron chi connectivity index (χ4n) is 12.0. The van der Waals surface area contributed by atoms with Crippen LogP contribution in [0.4, 0.5) is 11.4 Å². The first kappa shape index (κ1) is 38.9. The number of allylic oxidation sites excluding steroid dienone is 2. The van der Waals surface area contributed by atoms with Crippen LogP contribution in [0.2, 0.25) is 0 Å². The van der Waals surface area contributed by atoms with Crippen LogP contribution in [0.25, 0.3) is 105 Å². The SMILES string of the molecule is C1=CC2c3cc(-c4ccc5c(c4)c4ccccc4n5-c4ccccc4)ccc3N(c3cccc(-n4c5ccccc5c5cc(-c6ccc7c(c6)c6ccccc6n7-c6ccccc6)ccc54)c3)C2C=C1. The number of rotatable bonds is 6. The van der Waals surface area contributed by atoms with Crippen LogP contribution in [0, 0.1) is 0 Å². The number of nitrogens with zero attached hydrogens (tertiary/aromatic N) is 4. The van der Waals surface area contributed by atoms with Crippen LogP contribution in [0.3, 0.4) is 0 Å². The molecule has 0 fully saturated rings. The standard InChI is InChI=1S/C66H44N4/c1-3-16-47(17-4-1)67-59-26-11-7-22-51(59)55-38-43(30-34-63(55)67)45-32-36-65-57(40-45)53-24-9-13-28-61(53)69(65)49-20-15-21-50(42-49)70-62-29-14-10-25-54(62)58-41-46(33-37-66(58)70)44-31-35-64-56(39-44)52-23-8-12-27-60(52)68(64)48-18-5-2-6-19-48/h1-42,53,61H. The van der Waals surface area contributed by atoms with E-state index in [9.17, 15) is 0 Å². The van der Waals surface area contributed by atoms with Crippen LogP contribution >= 0.6 is 0 Å². The van der Waals surface area contributed by atoms with Crippen LogP contribution in [-0.2, 0) is 0 Å². The van der Waals surface area contributed by atoms with Crippen molar-refractivity contribution in [2.45, 2.75) is 12.0 Å². The van der Waals surface area contributed by atoms with Crippen LogP contribution in [-0.4, -0.2) is 19.7 Å². The molecular weight excluding hydrogens is 849 g/mol. The van der Waals surface area contributed by atoms with Gasteiger partial charge in [0.25, 0.3) is 0 Å². The highest BCUT2D eigenvalue weighted by atomic mass is 15.2. The summed E-state index contributed by atoms with van der Waals surface area (Å²) in [4.78, 5) is 2.56. The molecule has 2 unspecified atom stereocenters. The second kappa shape index (κ2) is 15.2. The zero-order valence-electron chi connectivity index (χ0n) is 38.2. The Kier molecular flexibility index (Phi) is 8.45. The fourth-order valence-corrected chi connectivity index (χ4v) is 12.0. The van der Waals surface area contributed by atoms with Gasteiger partial charge in [-0.1, -0.05) is 146 Å².